The molecule has 0 unspecified atom stereocenters. The molecule has 1 aliphatic carbocycles. The standard InChI is InChI=1S/C12H9N3O5/c1-2-15-4-5(12(19)20)10(17)8-6(15)3-7(16)11(18)9(8)14-13/h3-4,16H,2H2,1H3,(H,19,20). The van der Waals surface area contributed by atoms with Crippen LogP contribution in [0.25, 0.3) is 11.6 Å². The summed E-state index contributed by atoms with van der Waals surface area (Å²) in [4.78, 5) is 37.5. The maximum Gasteiger partial charge on any atom is 0.379 e. The SMILES string of the molecule is CCn1cc(C(=O)O)c(=O)c2c1C=C(O)C(=O)C2=[N+]=[N-]. The van der Waals surface area contributed by atoms with Crippen molar-refractivity contribution < 1.29 is 24.6 Å². The summed E-state index contributed by atoms with van der Waals surface area (Å²) in [6.07, 6.45) is 2.15. The van der Waals surface area contributed by atoms with Gasteiger partial charge in [-0.05, 0) is 6.92 Å². The van der Waals surface area contributed by atoms with Crippen LogP contribution in [0, 0.1) is 0 Å². The Bertz CT molecular complexity index is 781. The first-order valence-electron chi connectivity index (χ1n) is 5.60. The van der Waals surface area contributed by atoms with Gasteiger partial charge in [-0.15, -0.1) is 0 Å². The lowest BCUT2D eigenvalue weighted by molar-refractivity contribution is -0.116. The fourth-order valence-corrected chi connectivity index (χ4v) is 2.00. The number of aromatic carboxylic acids is 1. The van der Waals surface area contributed by atoms with Crippen molar-refractivity contribution in [3.05, 3.63) is 44.5 Å². The van der Waals surface area contributed by atoms with E-state index in [0.717, 1.165) is 12.3 Å². The van der Waals surface area contributed by atoms with Gasteiger partial charge in [-0.2, -0.15) is 4.79 Å². The molecule has 0 aromatic carbocycles. The van der Waals surface area contributed by atoms with E-state index in [1.807, 2.05) is 0 Å². The van der Waals surface area contributed by atoms with Gasteiger partial charge in [0.2, 0.25) is 5.43 Å². The number of allylic oxidation sites excluding steroid dienone is 1. The Morgan fingerprint density at radius 3 is 2.60 bits per heavy atom. The van der Waals surface area contributed by atoms with Gasteiger partial charge in [0.15, 0.2) is 5.76 Å². The summed E-state index contributed by atoms with van der Waals surface area (Å²) in [6.45, 7) is 1.98. The molecule has 0 radical (unpaired) electrons. The maximum atomic E-state index is 12.1. The Morgan fingerprint density at radius 2 is 2.10 bits per heavy atom. The number of hydrogen-bond acceptors (Lipinski definition) is 4. The Labute approximate surface area is 111 Å². The van der Waals surface area contributed by atoms with Crippen molar-refractivity contribution in [2.24, 2.45) is 0 Å². The number of aliphatic hydroxyl groups is 1. The van der Waals surface area contributed by atoms with Crippen LogP contribution in [-0.2, 0) is 11.3 Å². The van der Waals surface area contributed by atoms with Crippen LogP contribution in [0.4, 0.5) is 0 Å². The molecule has 0 amide bonds. The van der Waals surface area contributed by atoms with Crippen LogP contribution in [0.5, 0.6) is 0 Å². The van der Waals surface area contributed by atoms with Crippen LogP contribution in [0.15, 0.2) is 16.8 Å². The molecule has 2 rings (SSSR count). The first-order valence-corrected chi connectivity index (χ1v) is 5.60. The molecule has 102 valence electrons. The molecule has 0 fully saturated rings. The molecule has 20 heavy (non-hydrogen) atoms. The molecule has 0 spiro atoms. The monoisotopic (exact) mass is 275 g/mol. The molecule has 8 nitrogen and oxygen atoms in total. The zero-order valence-corrected chi connectivity index (χ0v) is 10.3. The van der Waals surface area contributed by atoms with Crippen molar-refractivity contribution in [3.8, 4) is 0 Å². The number of pyridine rings is 1. The number of ketones is 1. The van der Waals surface area contributed by atoms with Crippen LogP contribution in [0.3, 0.4) is 0 Å². The van der Waals surface area contributed by atoms with Gasteiger partial charge in [0.1, 0.15) is 11.1 Å². The highest BCUT2D eigenvalue weighted by Gasteiger charge is 2.37. The van der Waals surface area contributed by atoms with E-state index in [-0.39, 0.29) is 11.3 Å². The number of aryl methyl sites for hydroxylation is 1. The largest absolute Gasteiger partial charge is 0.504 e. The Balaban J connectivity index is 3.01. The van der Waals surface area contributed by atoms with E-state index in [0.29, 0.717) is 6.54 Å². The van der Waals surface area contributed by atoms with Gasteiger partial charge < -0.3 is 20.3 Å². The molecule has 1 heterocycles. The molecule has 0 atom stereocenters. The highest BCUT2D eigenvalue weighted by atomic mass is 16.4. The van der Waals surface area contributed by atoms with Crippen LogP contribution >= 0.6 is 0 Å². The van der Waals surface area contributed by atoms with Gasteiger partial charge >= 0.3 is 17.5 Å². The van der Waals surface area contributed by atoms with E-state index < -0.39 is 34.2 Å². The summed E-state index contributed by atoms with van der Waals surface area (Å²) in [5.41, 5.74) is 6.50. The maximum absolute atomic E-state index is 12.1. The summed E-state index contributed by atoms with van der Waals surface area (Å²) < 4.78 is 1.37. The molecule has 2 N–H and O–H groups in total. The lowest BCUT2D eigenvalue weighted by Crippen LogP contribution is -2.34. The van der Waals surface area contributed by atoms with E-state index in [9.17, 15) is 19.5 Å². The molecular weight excluding hydrogens is 266 g/mol. The van der Waals surface area contributed by atoms with Gasteiger partial charge in [-0.3, -0.25) is 9.59 Å². The second-order valence-corrected chi connectivity index (χ2v) is 4.03. The second kappa shape index (κ2) is 4.60. The Kier molecular flexibility index (Phi) is 3.09. The summed E-state index contributed by atoms with van der Waals surface area (Å²) in [5, 5.41) is 18.5. The molecule has 0 saturated carbocycles. The predicted octanol–water partition coefficient (Wildman–Crippen LogP) is 0.0669. The molecule has 0 saturated heterocycles. The number of hydrogen-bond donors (Lipinski definition) is 2. The highest BCUT2D eigenvalue weighted by molar-refractivity contribution is 6.51. The van der Waals surface area contributed by atoms with Gasteiger partial charge in [0.05, 0.1) is 5.69 Å². The summed E-state index contributed by atoms with van der Waals surface area (Å²) in [7, 11) is 0. The summed E-state index contributed by atoms with van der Waals surface area (Å²) in [6, 6.07) is 0. The topological polar surface area (TPSA) is 133 Å². The second-order valence-electron chi connectivity index (χ2n) is 4.03. The summed E-state index contributed by atoms with van der Waals surface area (Å²) >= 11 is 0. The van der Waals surface area contributed by atoms with Gasteiger partial charge in [-0.1, -0.05) is 0 Å². The zero-order chi connectivity index (χ0) is 15.0. The molecule has 0 aliphatic heterocycles. The smallest absolute Gasteiger partial charge is 0.379 e. The predicted molar refractivity (Wildman–Crippen MR) is 66.7 cm³/mol. The van der Waals surface area contributed by atoms with E-state index in [1.165, 1.54) is 4.57 Å². The number of carboxylic acid groups (broad SMARTS) is 1. The van der Waals surface area contributed by atoms with Crippen LogP contribution < -0.4 is 5.43 Å². The minimum Gasteiger partial charge on any atom is -0.504 e. The number of aliphatic hydroxyl groups excluding tert-OH is 1. The Morgan fingerprint density at radius 1 is 1.45 bits per heavy atom. The third kappa shape index (κ3) is 1.75. The van der Waals surface area contributed by atoms with Crippen molar-refractivity contribution in [1.82, 2.24) is 4.57 Å². The lowest BCUT2D eigenvalue weighted by atomic mass is 9.95. The van der Waals surface area contributed by atoms with Crippen molar-refractivity contribution in [2.75, 3.05) is 0 Å². The highest BCUT2D eigenvalue weighted by Crippen LogP contribution is 2.19. The minimum absolute atomic E-state index is 0.118. The number of aromatic nitrogens is 1. The van der Waals surface area contributed by atoms with Gasteiger partial charge in [0, 0.05) is 18.8 Å². The first-order chi connectivity index (χ1) is 9.42. The van der Waals surface area contributed by atoms with Gasteiger partial charge in [0.25, 0.3) is 0 Å². The molecule has 1 aromatic heterocycles. The van der Waals surface area contributed by atoms with Crippen LogP contribution in [0.1, 0.15) is 28.5 Å². The third-order valence-electron chi connectivity index (χ3n) is 2.95. The number of nitrogens with zero attached hydrogens (tertiary/aromatic N) is 3. The van der Waals surface area contributed by atoms with Crippen LogP contribution in [-0.4, -0.2) is 37.0 Å². The first kappa shape index (κ1) is 13.4. The molecule has 1 aromatic rings. The number of carbonyl (C=O) groups excluding carboxylic acids is 1. The molecular formula is C12H9N3O5. The zero-order valence-electron chi connectivity index (χ0n) is 10.3. The van der Waals surface area contributed by atoms with E-state index in [4.69, 9.17) is 10.6 Å². The number of Topliss-reactive ketones (excluding diaryl/α,β-unsaturated/α-hetero) is 1. The number of carboxylic acids is 1. The molecule has 8 heteroatoms. The number of rotatable bonds is 2. The van der Waals surface area contributed by atoms with Gasteiger partial charge in [-0.25, -0.2) is 4.79 Å². The lowest BCUT2D eigenvalue weighted by Gasteiger charge is -2.15. The van der Waals surface area contributed by atoms with Crippen molar-refractivity contribution in [3.63, 3.8) is 0 Å². The Hall–Kier alpha value is -2.99. The van der Waals surface area contributed by atoms with E-state index in [2.05, 4.69) is 4.79 Å². The number of fused-ring (bicyclic) bond motifs is 1. The average Bonchev–Trinajstić information content (AvgIpc) is 2.41. The average molecular weight is 275 g/mol. The van der Waals surface area contributed by atoms with E-state index >= 15 is 0 Å². The molecule has 0 bridgehead atoms. The fourth-order valence-electron chi connectivity index (χ4n) is 2.00. The van der Waals surface area contributed by atoms with Crippen LogP contribution in [0.2, 0.25) is 0 Å². The number of carbonyl (C=O) groups is 2. The fraction of sp³-hybridized carbons (Fsp3) is 0.167. The minimum atomic E-state index is -1.46. The summed E-state index contributed by atoms with van der Waals surface area (Å²) in [5.74, 6) is -3.18. The van der Waals surface area contributed by atoms with Crippen molar-refractivity contribution in [2.45, 2.75) is 13.5 Å². The normalized spacial score (nSPS) is 13.6. The quantitative estimate of drug-likeness (QED) is 0.581. The van der Waals surface area contributed by atoms with E-state index in [1.54, 1.807) is 6.92 Å². The third-order valence-corrected chi connectivity index (χ3v) is 2.95. The van der Waals surface area contributed by atoms with Crippen molar-refractivity contribution >= 4 is 23.5 Å². The molecule has 1 aliphatic rings. The van der Waals surface area contributed by atoms with Crippen molar-refractivity contribution in [1.29, 1.82) is 0 Å².